The molecule has 1 aliphatic heterocycles. The van der Waals surface area contributed by atoms with Crippen LogP contribution in [0, 0.1) is 6.92 Å². The maximum Gasteiger partial charge on any atom is 0.267 e. The van der Waals surface area contributed by atoms with Crippen LogP contribution >= 0.6 is 0 Å². The van der Waals surface area contributed by atoms with Gasteiger partial charge in [0.25, 0.3) is 5.91 Å². The van der Waals surface area contributed by atoms with Gasteiger partial charge in [0.05, 0.1) is 11.7 Å². The summed E-state index contributed by atoms with van der Waals surface area (Å²) in [5, 5.41) is 2.99. The van der Waals surface area contributed by atoms with Crippen molar-refractivity contribution >= 4 is 17.5 Å². The Morgan fingerprint density at radius 1 is 1.23 bits per heavy atom. The quantitative estimate of drug-likeness (QED) is 0.897. The summed E-state index contributed by atoms with van der Waals surface area (Å²) in [4.78, 5) is 26.5. The van der Waals surface area contributed by atoms with Gasteiger partial charge in [-0.05, 0) is 44.0 Å². The first kappa shape index (κ1) is 18.0. The molecule has 0 fully saturated rings. The Balaban J connectivity index is 1.66. The number of fused-ring (bicyclic) bond motifs is 1. The van der Waals surface area contributed by atoms with E-state index >= 15 is 0 Å². The van der Waals surface area contributed by atoms with E-state index in [1.807, 2.05) is 62.4 Å². The van der Waals surface area contributed by atoms with Crippen LogP contribution in [0.15, 0.2) is 48.5 Å². The molecule has 1 aliphatic rings. The van der Waals surface area contributed by atoms with Gasteiger partial charge in [-0.2, -0.15) is 0 Å². The number of ether oxygens (including phenoxy) is 1. The Morgan fingerprint density at radius 3 is 2.69 bits per heavy atom. The summed E-state index contributed by atoms with van der Waals surface area (Å²) in [6, 6.07) is 15.5. The first-order chi connectivity index (χ1) is 12.5. The normalized spacial score (nSPS) is 17.3. The van der Waals surface area contributed by atoms with Crippen LogP contribution in [0.1, 0.15) is 37.4 Å². The molecule has 0 radical (unpaired) electrons. The van der Waals surface area contributed by atoms with Crippen molar-refractivity contribution in [3.8, 4) is 5.75 Å². The number of nitrogens with one attached hydrogen (secondary N) is 1. The Hall–Kier alpha value is -2.82. The van der Waals surface area contributed by atoms with Crippen LogP contribution in [0.5, 0.6) is 5.75 Å². The SMILES string of the molecule is Cc1ccc2c(c1)N(CCC(=O)N[C@H](C)c1ccccc1)C(=O)[C@@H](C)O2. The summed E-state index contributed by atoms with van der Waals surface area (Å²) in [5.41, 5.74) is 2.83. The van der Waals surface area contributed by atoms with Gasteiger partial charge < -0.3 is 15.0 Å². The van der Waals surface area contributed by atoms with Crippen LogP contribution in [0.4, 0.5) is 5.69 Å². The number of amides is 2. The monoisotopic (exact) mass is 352 g/mol. The number of rotatable bonds is 5. The predicted octanol–water partition coefficient (Wildman–Crippen LogP) is 3.38. The predicted molar refractivity (Wildman–Crippen MR) is 101 cm³/mol. The van der Waals surface area contributed by atoms with Crippen molar-refractivity contribution < 1.29 is 14.3 Å². The topological polar surface area (TPSA) is 58.6 Å². The molecule has 26 heavy (non-hydrogen) atoms. The fraction of sp³-hybridized carbons (Fsp3) is 0.333. The lowest BCUT2D eigenvalue weighted by Gasteiger charge is -2.33. The van der Waals surface area contributed by atoms with Crippen LogP contribution in [0.2, 0.25) is 0 Å². The molecule has 0 spiro atoms. The van der Waals surface area contributed by atoms with Gasteiger partial charge >= 0.3 is 0 Å². The van der Waals surface area contributed by atoms with Gasteiger partial charge in [0.2, 0.25) is 5.91 Å². The number of benzene rings is 2. The average molecular weight is 352 g/mol. The summed E-state index contributed by atoms with van der Waals surface area (Å²) in [6.45, 7) is 5.98. The highest BCUT2D eigenvalue weighted by Crippen LogP contribution is 2.34. The molecular formula is C21H24N2O3. The number of nitrogens with zero attached hydrogens (tertiary/aromatic N) is 1. The van der Waals surface area contributed by atoms with Gasteiger partial charge in [0, 0.05) is 13.0 Å². The minimum atomic E-state index is -0.545. The first-order valence-electron chi connectivity index (χ1n) is 8.88. The molecule has 1 heterocycles. The van der Waals surface area contributed by atoms with Crippen LogP contribution in [0.25, 0.3) is 0 Å². The fourth-order valence-corrected chi connectivity index (χ4v) is 3.10. The number of hydrogen-bond donors (Lipinski definition) is 1. The summed E-state index contributed by atoms with van der Waals surface area (Å²) in [7, 11) is 0. The summed E-state index contributed by atoms with van der Waals surface area (Å²) >= 11 is 0. The second-order valence-corrected chi connectivity index (χ2v) is 6.67. The molecule has 2 amide bonds. The molecule has 2 aromatic rings. The molecule has 3 rings (SSSR count). The van der Waals surface area contributed by atoms with Crippen LogP contribution in [-0.2, 0) is 9.59 Å². The minimum absolute atomic E-state index is 0.0717. The molecule has 0 aliphatic carbocycles. The molecule has 0 aromatic heterocycles. The van der Waals surface area contributed by atoms with E-state index in [0.717, 1.165) is 16.8 Å². The lowest BCUT2D eigenvalue weighted by molar-refractivity contribution is -0.125. The molecule has 0 bridgehead atoms. The van der Waals surface area contributed by atoms with E-state index < -0.39 is 6.10 Å². The number of carbonyl (C=O) groups excluding carboxylic acids is 2. The molecule has 136 valence electrons. The lowest BCUT2D eigenvalue weighted by atomic mass is 10.1. The molecule has 2 aromatic carbocycles. The Bertz CT molecular complexity index is 804. The summed E-state index contributed by atoms with van der Waals surface area (Å²) in [5.74, 6) is 0.482. The Labute approximate surface area is 154 Å². The number of carbonyl (C=O) groups is 2. The van der Waals surface area contributed by atoms with Gasteiger partial charge in [-0.3, -0.25) is 9.59 Å². The van der Waals surface area contributed by atoms with Crippen LogP contribution < -0.4 is 15.0 Å². The third-order valence-corrected chi connectivity index (χ3v) is 4.56. The van der Waals surface area contributed by atoms with E-state index in [0.29, 0.717) is 12.3 Å². The first-order valence-corrected chi connectivity index (χ1v) is 8.88. The highest BCUT2D eigenvalue weighted by atomic mass is 16.5. The molecule has 1 N–H and O–H groups in total. The largest absolute Gasteiger partial charge is 0.479 e. The van der Waals surface area contributed by atoms with Crippen LogP contribution in [0.3, 0.4) is 0 Å². The third kappa shape index (κ3) is 3.87. The van der Waals surface area contributed by atoms with Crippen molar-refractivity contribution in [2.24, 2.45) is 0 Å². The van der Waals surface area contributed by atoms with Gasteiger partial charge in [-0.15, -0.1) is 0 Å². The lowest BCUT2D eigenvalue weighted by Crippen LogP contribution is -2.46. The van der Waals surface area contributed by atoms with Crippen molar-refractivity contribution in [1.29, 1.82) is 0 Å². The summed E-state index contributed by atoms with van der Waals surface area (Å²) < 4.78 is 5.67. The van der Waals surface area contributed by atoms with Crippen molar-refractivity contribution in [3.05, 3.63) is 59.7 Å². The second kappa shape index (κ2) is 7.60. The van der Waals surface area contributed by atoms with E-state index in [4.69, 9.17) is 4.74 Å². The molecule has 0 saturated carbocycles. The average Bonchev–Trinajstić information content (AvgIpc) is 2.63. The number of anilines is 1. The fourth-order valence-electron chi connectivity index (χ4n) is 3.10. The third-order valence-electron chi connectivity index (χ3n) is 4.56. The van der Waals surface area contributed by atoms with E-state index in [2.05, 4.69) is 5.32 Å². The van der Waals surface area contributed by atoms with Gasteiger partial charge in [0.15, 0.2) is 6.10 Å². The highest BCUT2D eigenvalue weighted by Gasteiger charge is 2.31. The van der Waals surface area contributed by atoms with Gasteiger partial charge in [-0.25, -0.2) is 0 Å². The number of hydrogen-bond acceptors (Lipinski definition) is 3. The maximum absolute atomic E-state index is 12.5. The van der Waals surface area contributed by atoms with E-state index in [1.54, 1.807) is 11.8 Å². The van der Waals surface area contributed by atoms with Gasteiger partial charge in [-0.1, -0.05) is 36.4 Å². The molecule has 0 saturated heterocycles. The Morgan fingerprint density at radius 2 is 1.96 bits per heavy atom. The molecule has 0 unspecified atom stereocenters. The number of aryl methyl sites for hydroxylation is 1. The van der Waals surface area contributed by atoms with E-state index in [-0.39, 0.29) is 24.3 Å². The molecular weight excluding hydrogens is 328 g/mol. The molecule has 5 nitrogen and oxygen atoms in total. The maximum atomic E-state index is 12.5. The molecule has 5 heteroatoms. The zero-order valence-electron chi connectivity index (χ0n) is 15.4. The minimum Gasteiger partial charge on any atom is -0.479 e. The zero-order chi connectivity index (χ0) is 18.7. The van der Waals surface area contributed by atoms with E-state index in [9.17, 15) is 9.59 Å². The van der Waals surface area contributed by atoms with Crippen molar-refractivity contribution in [2.45, 2.75) is 39.3 Å². The summed E-state index contributed by atoms with van der Waals surface area (Å²) in [6.07, 6.45) is -0.306. The highest BCUT2D eigenvalue weighted by molar-refractivity contribution is 6.00. The van der Waals surface area contributed by atoms with Crippen molar-refractivity contribution in [3.63, 3.8) is 0 Å². The van der Waals surface area contributed by atoms with E-state index in [1.165, 1.54) is 0 Å². The second-order valence-electron chi connectivity index (χ2n) is 6.67. The zero-order valence-corrected chi connectivity index (χ0v) is 15.4. The molecule has 2 atom stereocenters. The Kier molecular flexibility index (Phi) is 5.26. The van der Waals surface area contributed by atoms with Gasteiger partial charge in [0.1, 0.15) is 5.75 Å². The van der Waals surface area contributed by atoms with Crippen molar-refractivity contribution in [2.75, 3.05) is 11.4 Å². The van der Waals surface area contributed by atoms with Crippen molar-refractivity contribution in [1.82, 2.24) is 5.32 Å². The van der Waals surface area contributed by atoms with Crippen LogP contribution in [-0.4, -0.2) is 24.5 Å². The smallest absolute Gasteiger partial charge is 0.267 e. The standard InChI is InChI=1S/C21H24N2O3/c1-14-9-10-19-18(13-14)23(21(25)16(3)26-19)12-11-20(24)22-15(2)17-7-5-4-6-8-17/h4-10,13,15-16H,11-12H2,1-3H3,(H,22,24)/t15-,16-/m1/s1.